The van der Waals surface area contributed by atoms with Crippen LogP contribution in [0.2, 0.25) is 0 Å². The monoisotopic (exact) mass is 311 g/mol. The molecule has 1 N–H and O–H groups in total. The largest absolute Gasteiger partial charge is 0.467 e. The van der Waals surface area contributed by atoms with E-state index in [1.54, 1.807) is 0 Å². The topological polar surface area (TPSA) is 55.4 Å². The van der Waals surface area contributed by atoms with E-state index in [0.29, 0.717) is 6.42 Å². The Labute approximate surface area is 136 Å². The van der Waals surface area contributed by atoms with Gasteiger partial charge in [0.1, 0.15) is 6.04 Å². The molecule has 0 saturated heterocycles. The Balaban J connectivity index is 2.00. The van der Waals surface area contributed by atoms with Gasteiger partial charge >= 0.3 is 5.97 Å². The van der Waals surface area contributed by atoms with Crippen molar-refractivity contribution in [2.75, 3.05) is 7.11 Å². The van der Waals surface area contributed by atoms with Crippen LogP contribution >= 0.6 is 0 Å². The molecule has 4 nitrogen and oxygen atoms in total. The minimum absolute atomic E-state index is 0.194. The molecule has 1 atom stereocenters. The maximum atomic E-state index is 12.2. The van der Waals surface area contributed by atoms with E-state index in [9.17, 15) is 9.59 Å². The van der Waals surface area contributed by atoms with Crippen molar-refractivity contribution >= 4 is 11.9 Å². The second kappa shape index (κ2) is 8.13. The van der Waals surface area contributed by atoms with Crippen molar-refractivity contribution in [3.8, 4) is 0 Å². The molecule has 0 aliphatic heterocycles. The van der Waals surface area contributed by atoms with Gasteiger partial charge in [0.15, 0.2) is 0 Å². The van der Waals surface area contributed by atoms with Crippen LogP contribution in [0.1, 0.15) is 16.7 Å². The van der Waals surface area contributed by atoms with Crippen LogP contribution < -0.4 is 5.32 Å². The van der Waals surface area contributed by atoms with Gasteiger partial charge in [-0.2, -0.15) is 0 Å². The minimum atomic E-state index is -0.680. The van der Waals surface area contributed by atoms with Crippen molar-refractivity contribution in [2.24, 2.45) is 0 Å². The fourth-order valence-electron chi connectivity index (χ4n) is 2.32. The van der Waals surface area contributed by atoms with Gasteiger partial charge in [0.2, 0.25) is 5.91 Å². The number of aryl methyl sites for hydroxylation is 1. The third-order valence-corrected chi connectivity index (χ3v) is 3.59. The quantitative estimate of drug-likeness (QED) is 0.834. The summed E-state index contributed by atoms with van der Waals surface area (Å²) < 4.78 is 4.80. The Morgan fingerprint density at radius 3 is 2.26 bits per heavy atom. The summed E-state index contributed by atoms with van der Waals surface area (Å²) in [6.07, 6.45) is 0.649. The number of amides is 1. The Hall–Kier alpha value is -2.62. The molecule has 0 radical (unpaired) electrons. The molecule has 120 valence electrons. The second-order valence-electron chi connectivity index (χ2n) is 5.50. The van der Waals surface area contributed by atoms with Gasteiger partial charge in [-0.05, 0) is 18.1 Å². The zero-order valence-electron chi connectivity index (χ0n) is 13.4. The number of esters is 1. The van der Waals surface area contributed by atoms with Crippen LogP contribution in [-0.4, -0.2) is 25.0 Å². The highest BCUT2D eigenvalue weighted by molar-refractivity contribution is 5.85. The maximum absolute atomic E-state index is 12.2. The molecule has 0 spiro atoms. The SMILES string of the molecule is COC(=O)[C@@H](Cc1ccccc1)NC(=O)Cc1ccc(C)cc1. The van der Waals surface area contributed by atoms with Gasteiger partial charge in [-0.1, -0.05) is 60.2 Å². The summed E-state index contributed by atoms with van der Waals surface area (Å²) in [4.78, 5) is 24.1. The predicted molar refractivity (Wildman–Crippen MR) is 89.0 cm³/mol. The van der Waals surface area contributed by atoms with Gasteiger partial charge in [-0.25, -0.2) is 4.79 Å². The van der Waals surface area contributed by atoms with Crippen molar-refractivity contribution in [1.82, 2.24) is 5.32 Å². The molecule has 0 heterocycles. The molecular weight excluding hydrogens is 290 g/mol. The molecule has 4 heteroatoms. The van der Waals surface area contributed by atoms with Gasteiger partial charge in [0.25, 0.3) is 0 Å². The molecule has 2 aromatic rings. The molecule has 0 aliphatic rings. The number of carbonyl (C=O) groups is 2. The van der Waals surface area contributed by atoms with E-state index < -0.39 is 12.0 Å². The fourth-order valence-corrected chi connectivity index (χ4v) is 2.32. The Morgan fingerprint density at radius 1 is 1.00 bits per heavy atom. The van der Waals surface area contributed by atoms with E-state index in [2.05, 4.69) is 5.32 Å². The van der Waals surface area contributed by atoms with E-state index in [1.807, 2.05) is 61.5 Å². The normalized spacial score (nSPS) is 11.6. The Kier molecular flexibility index (Phi) is 5.92. The summed E-state index contributed by atoms with van der Waals surface area (Å²) in [5.74, 6) is -0.633. The Bertz CT molecular complexity index is 650. The molecule has 0 saturated carbocycles. The summed E-state index contributed by atoms with van der Waals surface area (Å²) in [5.41, 5.74) is 3.03. The first-order valence-electron chi connectivity index (χ1n) is 7.55. The first kappa shape index (κ1) is 16.7. The molecule has 23 heavy (non-hydrogen) atoms. The standard InChI is InChI=1S/C19H21NO3/c1-14-8-10-16(11-9-14)13-18(21)20-17(19(22)23-2)12-15-6-4-3-5-7-15/h3-11,17H,12-13H2,1-2H3,(H,20,21)/t17-/m1/s1. The lowest BCUT2D eigenvalue weighted by Gasteiger charge is -2.16. The third kappa shape index (κ3) is 5.25. The average Bonchev–Trinajstić information content (AvgIpc) is 2.56. The average molecular weight is 311 g/mol. The highest BCUT2D eigenvalue weighted by Gasteiger charge is 2.21. The summed E-state index contributed by atoms with van der Waals surface area (Å²) in [5, 5.41) is 2.77. The van der Waals surface area contributed by atoms with E-state index >= 15 is 0 Å². The Morgan fingerprint density at radius 2 is 1.65 bits per heavy atom. The van der Waals surface area contributed by atoms with Crippen molar-refractivity contribution in [3.05, 3.63) is 71.3 Å². The van der Waals surface area contributed by atoms with Crippen LogP contribution in [0, 0.1) is 6.92 Å². The molecular formula is C19H21NO3. The molecule has 1 amide bonds. The van der Waals surface area contributed by atoms with Crippen LogP contribution in [-0.2, 0) is 27.2 Å². The van der Waals surface area contributed by atoms with Crippen LogP contribution in [0.5, 0.6) is 0 Å². The lowest BCUT2D eigenvalue weighted by atomic mass is 10.0. The number of rotatable bonds is 6. The molecule has 2 aromatic carbocycles. The number of methoxy groups -OCH3 is 1. The smallest absolute Gasteiger partial charge is 0.328 e. The number of hydrogen-bond donors (Lipinski definition) is 1. The number of ether oxygens (including phenoxy) is 1. The van der Waals surface area contributed by atoms with Gasteiger partial charge < -0.3 is 10.1 Å². The van der Waals surface area contributed by atoms with Gasteiger partial charge in [0, 0.05) is 6.42 Å². The maximum Gasteiger partial charge on any atom is 0.328 e. The molecule has 0 fully saturated rings. The molecule has 0 unspecified atom stereocenters. The molecule has 2 rings (SSSR count). The fraction of sp³-hybridized carbons (Fsp3) is 0.263. The van der Waals surface area contributed by atoms with Crippen molar-refractivity contribution in [1.29, 1.82) is 0 Å². The third-order valence-electron chi connectivity index (χ3n) is 3.59. The van der Waals surface area contributed by atoms with Gasteiger partial charge in [0.05, 0.1) is 13.5 Å². The van der Waals surface area contributed by atoms with Crippen molar-refractivity contribution < 1.29 is 14.3 Å². The summed E-state index contributed by atoms with van der Waals surface area (Å²) >= 11 is 0. The zero-order valence-corrected chi connectivity index (χ0v) is 13.4. The van der Waals surface area contributed by atoms with Crippen molar-refractivity contribution in [3.63, 3.8) is 0 Å². The van der Waals surface area contributed by atoms with Crippen LogP contribution in [0.4, 0.5) is 0 Å². The van der Waals surface area contributed by atoms with E-state index in [0.717, 1.165) is 16.7 Å². The molecule has 0 bridgehead atoms. The van der Waals surface area contributed by atoms with E-state index in [4.69, 9.17) is 4.74 Å². The number of carbonyl (C=O) groups excluding carboxylic acids is 2. The first-order valence-corrected chi connectivity index (χ1v) is 7.55. The number of benzene rings is 2. The second-order valence-corrected chi connectivity index (χ2v) is 5.50. The lowest BCUT2D eigenvalue weighted by Crippen LogP contribution is -2.43. The van der Waals surface area contributed by atoms with Crippen LogP contribution in [0.15, 0.2) is 54.6 Å². The number of hydrogen-bond acceptors (Lipinski definition) is 3. The van der Waals surface area contributed by atoms with Crippen LogP contribution in [0.25, 0.3) is 0 Å². The number of nitrogens with one attached hydrogen (secondary N) is 1. The highest BCUT2D eigenvalue weighted by atomic mass is 16.5. The summed E-state index contributed by atoms with van der Waals surface area (Å²) in [7, 11) is 1.33. The van der Waals surface area contributed by atoms with E-state index in [-0.39, 0.29) is 12.3 Å². The van der Waals surface area contributed by atoms with Gasteiger partial charge in [-0.3, -0.25) is 4.79 Å². The van der Waals surface area contributed by atoms with E-state index in [1.165, 1.54) is 7.11 Å². The zero-order chi connectivity index (χ0) is 16.7. The minimum Gasteiger partial charge on any atom is -0.467 e. The van der Waals surface area contributed by atoms with Crippen LogP contribution in [0.3, 0.4) is 0 Å². The highest BCUT2D eigenvalue weighted by Crippen LogP contribution is 2.07. The summed E-state index contributed by atoms with van der Waals surface area (Å²) in [6.45, 7) is 2.00. The molecule has 0 aliphatic carbocycles. The predicted octanol–water partition coefficient (Wildman–Crippen LogP) is 2.44. The van der Waals surface area contributed by atoms with Gasteiger partial charge in [-0.15, -0.1) is 0 Å². The lowest BCUT2D eigenvalue weighted by molar-refractivity contribution is -0.145. The first-order chi connectivity index (χ1) is 11.1. The summed E-state index contributed by atoms with van der Waals surface area (Å²) in [6, 6.07) is 16.6. The van der Waals surface area contributed by atoms with Crippen molar-refractivity contribution in [2.45, 2.75) is 25.8 Å². The molecule has 0 aromatic heterocycles.